The first-order chi connectivity index (χ1) is 10.0. The van der Waals surface area contributed by atoms with Crippen LogP contribution in [-0.2, 0) is 0 Å². The van der Waals surface area contributed by atoms with Gasteiger partial charge in [0.05, 0.1) is 17.6 Å². The number of anilines is 1. The lowest BCUT2D eigenvalue weighted by molar-refractivity contribution is -0.384. The summed E-state index contributed by atoms with van der Waals surface area (Å²) in [5, 5.41) is 13.4. The van der Waals surface area contributed by atoms with Crippen molar-refractivity contribution < 1.29 is 14.5 Å². The molecule has 2 aromatic rings. The lowest BCUT2D eigenvalue weighted by Crippen LogP contribution is -2.13. The summed E-state index contributed by atoms with van der Waals surface area (Å²) in [6.07, 6.45) is 0. The van der Waals surface area contributed by atoms with Crippen LogP contribution < -0.4 is 10.1 Å². The predicted octanol–water partition coefficient (Wildman–Crippen LogP) is 3.46. The Morgan fingerprint density at radius 2 is 2.05 bits per heavy atom. The molecule has 0 aliphatic rings. The second kappa shape index (κ2) is 6.53. The van der Waals surface area contributed by atoms with Gasteiger partial charge in [-0.15, -0.1) is 0 Å². The normalized spacial score (nSPS) is 10.0. The average molecular weight is 398 g/mol. The summed E-state index contributed by atoms with van der Waals surface area (Å²) < 4.78 is 5.60. The highest BCUT2D eigenvalue weighted by Crippen LogP contribution is 2.22. The standard InChI is InChI=1S/C14H11IN2O4/c1-21-11-4-2-3-9(7-11)16-14(18)12-6-5-10(17(19)20)8-13(12)15/h2-8H,1H3,(H,16,18). The number of hydrogen-bond donors (Lipinski definition) is 1. The smallest absolute Gasteiger partial charge is 0.270 e. The third-order valence-corrected chi connectivity index (χ3v) is 3.63. The van der Waals surface area contributed by atoms with Gasteiger partial charge < -0.3 is 10.1 Å². The highest BCUT2D eigenvalue weighted by Gasteiger charge is 2.14. The fraction of sp³-hybridized carbons (Fsp3) is 0.0714. The van der Waals surface area contributed by atoms with E-state index < -0.39 is 4.92 Å². The number of non-ortho nitro benzene ring substituents is 1. The zero-order valence-corrected chi connectivity index (χ0v) is 13.2. The van der Waals surface area contributed by atoms with Gasteiger partial charge in [-0.25, -0.2) is 0 Å². The predicted molar refractivity (Wildman–Crippen MR) is 86.8 cm³/mol. The van der Waals surface area contributed by atoms with E-state index in [2.05, 4.69) is 5.32 Å². The van der Waals surface area contributed by atoms with Gasteiger partial charge >= 0.3 is 0 Å². The van der Waals surface area contributed by atoms with E-state index in [4.69, 9.17) is 4.74 Å². The fourth-order valence-corrected chi connectivity index (χ4v) is 2.44. The Morgan fingerprint density at radius 3 is 2.67 bits per heavy atom. The van der Waals surface area contributed by atoms with Crippen LogP contribution in [0, 0.1) is 13.7 Å². The Hall–Kier alpha value is -2.16. The van der Waals surface area contributed by atoms with Crippen molar-refractivity contribution in [2.45, 2.75) is 0 Å². The van der Waals surface area contributed by atoms with Gasteiger partial charge in [-0.2, -0.15) is 0 Å². The minimum atomic E-state index is -0.494. The maximum absolute atomic E-state index is 12.2. The van der Waals surface area contributed by atoms with Crippen LogP contribution in [0.15, 0.2) is 42.5 Å². The maximum Gasteiger partial charge on any atom is 0.270 e. The lowest BCUT2D eigenvalue weighted by Gasteiger charge is -2.08. The van der Waals surface area contributed by atoms with Gasteiger partial charge in [0.25, 0.3) is 11.6 Å². The number of nitro benzene ring substituents is 1. The minimum Gasteiger partial charge on any atom is -0.497 e. The van der Waals surface area contributed by atoms with Crippen molar-refractivity contribution in [2.24, 2.45) is 0 Å². The number of ether oxygens (including phenoxy) is 1. The van der Waals surface area contributed by atoms with E-state index in [0.29, 0.717) is 20.6 Å². The van der Waals surface area contributed by atoms with Crippen LogP contribution >= 0.6 is 22.6 Å². The van der Waals surface area contributed by atoms with Crippen LogP contribution in [0.25, 0.3) is 0 Å². The molecule has 0 fully saturated rings. The summed E-state index contributed by atoms with van der Waals surface area (Å²) >= 11 is 1.90. The van der Waals surface area contributed by atoms with Crippen LogP contribution in [0.4, 0.5) is 11.4 Å². The molecule has 108 valence electrons. The number of halogens is 1. The van der Waals surface area contributed by atoms with Crippen LogP contribution in [0.3, 0.4) is 0 Å². The van der Waals surface area contributed by atoms with Gasteiger partial charge in [-0.1, -0.05) is 6.07 Å². The number of rotatable bonds is 4. The fourth-order valence-electron chi connectivity index (χ4n) is 1.70. The quantitative estimate of drug-likeness (QED) is 0.486. The molecule has 0 atom stereocenters. The summed E-state index contributed by atoms with van der Waals surface area (Å²) in [5.74, 6) is 0.300. The summed E-state index contributed by atoms with van der Waals surface area (Å²) in [7, 11) is 1.54. The average Bonchev–Trinajstić information content (AvgIpc) is 2.47. The highest BCUT2D eigenvalue weighted by molar-refractivity contribution is 14.1. The van der Waals surface area contributed by atoms with Crippen molar-refractivity contribution in [3.63, 3.8) is 0 Å². The zero-order valence-electron chi connectivity index (χ0n) is 11.0. The van der Waals surface area contributed by atoms with E-state index >= 15 is 0 Å². The number of nitrogens with one attached hydrogen (secondary N) is 1. The summed E-state index contributed by atoms with van der Waals surface area (Å²) in [6.45, 7) is 0. The van der Waals surface area contributed by atoms with E-state index in [1.54, 1.807) is 31.4 Å². The Morgan fingerprint density at radius 1 is 1.29 bits per heavy atom. The molecule has 0 bridgehead atoms. The van der Waals surface area contributed by atoms with Crippen molar-refractivity contribution in [1.29, 1.82) is 0 Å². The first-order valence-electron chi connectivity index (χ1n) is 5.90. The molecule has 2 rings (SSSR count). The summed E-state index contributed by atoms with van der Waals surface area (Å²) in [6, 6.07) is 11.1. The molecule has 7 heteroatoms. The first kappa shape index (κ1) is 15.2. The number of carbonyl (C=O) groups is 1. The number of nitrogens with zero attached hydrogens (tertiary/aromatic N) is 1. The van der Waals surface area contributed by atoms with E-state index in [0.717, 1.165) is 0 Å². The maximum atomic E-state index is 12.2. The van der Waals surface area contributed by atoms with Crippen molar-refractivity contribution in [3.8, 4) is 5.75 Å². The molecule has 2 aromatic carbocycles. The minimum absolute atomic E-state index is 0.0441. The van der Waals surface area contributed by atoms with Gasteiger partial charge in [-0.05, 0) is 40.8 Å². The van der Waals surface area contributed by atoms with Gasteiger partial charge in [-0.3, -0.25) is 14.9 Å². The molecular weight excluding hydrogens is 387 g/mol. The topological polar surface area (TPSA) is 81.5 Å². The van der Waals surface area contributed by atoms with Gasteiger partial charge in [0.15, 0.2) is 0 Å². The van der Waals surface area contributed by atoms with Crippen LogP contribution in [0.5, 0.6) is 5.75 Å². The number of hydrogen-bond acceptors (Lipinski definition) is 4. The van der Waals surface area contributed by atoms with Gasteiger partial charge in [0, 0.05) is 27.5 Å². The molecule has 1 N–H and O–H groups in total. The number of nitro groups is 1. The Balaban J connectivity index is 2.22. The van der Waals surface area contributed by atoms with Crippen molar-refractivity contribution >= 4 is 39.9 Å². The molecule has 0 unspecified atom stereocenters. The van der Waals surface area contributed by atoms with E-state index in [1.807, 2.05) is 22.6 Å². The molecule has 0 spiro atoms. The molecule has 1 amide bonds. The van der Waals surface area contributed by atoms with Crippen molar-refractivity contribution in [1.82, 2.24) is 0 Å². The second-order valence-corrected chi connectivity index (χ2v) is 5.27. The third-order valence-electron chi connectivity index (χ3n) is 2.74. The van der Waals surface area contributed by atoms with Crippen molar-refractivity contribution in [3.05, 3.63) is 61.7 Å². The molecular formula is C14H11IN2O4. The zero-order chi connectivity index (χ0) is 15.4. The Labute approximate surface area is 134 Å². The third kappa shape index (κ3) is 3.69. The molecule has 0 aromatic heterocycles. The summed E-state index contributed by atoms with van der Waals surface area (Å²) in [5.41, 5.74) is 0.926. The van der Waals surface area contributed by atoms with E-state index in [-0.39, 0.29) is 11.6 Å². The molecule has 0 saturated carbocycles. The lowest BCUT2D eigenvalue weighted by atomic mass is 10.2. The molecule has 0 aliphatic heterocycles. The number of carbonyl (C=O) groups excluding carboxylic acids is 1. The molecule has 0 heterocycles. The summed E-state index contributed by atoms with van der Waals surface area (Å²) in [4.78, 5) is 22.4. The van der Waals surface area contributed by atoms with E-state index in [1.165, 1.54) is 18.2 Å². The molecule has 0 radical (unpaired) electrons. The number of amides is 1. The molecule has 6 nitrogen and oxygen atoms in total. The van der Waals surface area contributed by atoms with Crippen molar-refractivity contribution in [2.75, 3.05) is 12.4 Å². The largest absolute Gasteiger partial charge is 0.497 e. The Bertz CT molecular complexity index is 703. The molecule has 0 aliphatic carbocycles. The molecule has 21 heavy (non-hydrogen) atoms. The van der Waals surface area contributed by atoms with Gasteiger partial charge in [0.1, 0.15) is 5.75 Å². The highest BCUT2D eigenvalue weighted by atomic mass is 127. The van der Waals surface area contributed by atoms with E-state index in [9.17, 15) is 14.9 Å². The number of benzene rings is 2. The first-order valence-corrected chi connectivity index (χ1v) is 6.98. The van der Waals surface area contributed by atoms with Crippen LogP contribution in [0.1, 0.15) is 10.4 Å². The SMILES string of the molecule is COc1cccc(NC(=O)c2ccc([N+](=O)[O-])cc2I)c1. The van der Waals surface area contributed by atoms with Crippen LogP contribution in [0.2, 0.25) is 0 Å². The second-order valence-electron chi connectivity index (χ2n) is 4.11. The monoisotopic (exact) mass is 398 g/mol. The van der Waals surface area contributed by atoms with Crippen LogP contribution in [-0.4, -0.2) is 17.9 Å². The van der Waals surface area contributed by atoms with Gasteiger partial charge in [0.2, 0.25) is 0 Å². The molecule has 0 saturated heterocycles. The number of methoxy groups -OCH3 is 1. The Kier molecular flexibility index (Phi) is 4.73.